The van der Waals surface area contributed by atoms with E-state index in [2.05, 4.69) is 15.0 Å². The Bertz CT molecular complexity index is 769. The minimum Gasteiger partial charge on any atom is -0.465 e. The maximum Gasteiger partial charge on any atom is 0.350 e. The van der Waals surface area contributed by atoms with Gasteiger partial charge in [-0.1, -0.05) is 29.0 Å². The van der Waals surface area contributed by atoms with Gasteiger partial charge in [-0.25, -0.2) is 14.2 Å². The molecule has 0 spiro atoms. The van der Waals surface area contributed by atoms with Gasteiger partial charge in [0.25, 0.3) is 0 Å². The van der Waals surface area contributed by atoms with E-state index in [1.807, 2.05) is 0 Å². The number of hydrogen-bond acceptors (Lipinski definition) is 5. The molecule has 1 aromatic carbocycles. The number of carbonyl (C=O) groups is 2. The summed E-state index contributed by atoms with van der Waals surface area (Å²) in [4.78, 5) is 27.7. The lowest BCUT2D eigenvalue weighted by Crippen LogP contribution is -2.07. The van der Waals surface area contributed by atoms with Crippen LogP contribution in [0.3, 0.4) is 0 Å². The van der Waals surface area contributed by atoms with Gasteiger partial charge in [-0.15, -0.1) is 0 Å². The number of nitrogens with zero attached hydrogens (tertiary/aromatic N) is 1. The number of amides is 1. The Hall–Kier alpha value is -2.25. The third kappa shape index (κ3) is 4.14. The highest BCUT2D eigenvalue weighted by atomic mass is 35.5. The van der Waals surface area contributed by atoms with Crippen LogP contribution in [-0.2, 0) is 9.53 Å². The van der Waals surface area contributed by atoms with E-state index in [0.29, 0.717) is 10.6 Å². The highest BCUT2D eigenvalue weighted by Crippen LogP contribution is 2.24. The minimum atomic E-state index is -0.528. The van der Waals surface area contributed by atoms with E-state index in [0.717, 1.165) is 17.4 Å². The zero-order chi connectivity index (χ0) is 17.0. The van der Waals surface area contributed by atoms with Crippen LogP contribution in [0.25, 0.3) is 6.08 Å². The van der Waals surface area contributed by atoms with Crippen LogP contribution in [0.5, 0.6) is 0 Å². The third-order valence-corrected chi connectivity index (χ3v) is 4.18. The van der Waals surface area contributed by atoms with Crippen molar-refractivity contribution >= 4 is 46.0 Å². The number of benzene rings is 1. The summed E-state index contributed by atoms with van der Waals surface area (Å²) in [6.07, 6.45) is 2.41. The number of nitrogens with one attached hydrogen (secondary N) is 1. The Morgan fingerprint density at radius 2 is 2.17 bits per heavy atom. The molecule has 120 valence electrons. The number of ether oxygens (including phenoxy) is 1. The molecule has 2 aromatic rings. The normalized spacial score (nSPS) is 10.8. The Kier molecular flexibility index (Phi) is 5.46. The largest absolute Gasteiger partial charge is 0.465 e. The van der Waals surface area contributed by atoms with E-state index in [9.17, 15) is 14.0 Å². The number of methoxy groups -OCH3 is 1. The van der Waals surface area contributed by atoms with Crippen molar-refractivity contribution in [1.82, 2.24) is 4.98 Å². The monoisotopic (exact) mass is 354 g/mol. The number of aromatic nitrogens is 1. The Morgan fingerprint density at radius 3 is 2.83 bits per heavy atom. The van der Waals surface area contributed by atoms with Crippen LogP contribution in [-0.4, -0.2) is 24.0 Å². The topological polar surface area (TPSA) is 68.3 Å². The average molecular weight is 355 g/mol. The zero-order valence-corrected chi connectivity index (χ0v) is 13.8. The van der Waals surface area contributed by atoms with Gasteiger partial charge in [-0.3, -0.25) is 10.1 Å². The van der Waals surface area contributed by atoms with E-state index in [1.165, 1.54) is 31.4 Å². The summed E-state index contributed by atoms with van der Waals surface area (Å²) in [7, 11) is 1.26. The molecule has 1 aromatic heterocycles. The number of esters is 1. The van der Waals surface area contributed by atoms with Crippen LogP contribution in [0.15, 0.2) is 24.3 Å². The Balaban J connectivity index is 2.11. The second-order valence-corrected chi connectivity index (χ2v) is 5.79. The number of aryl methyl sites for hydroxylation is 1. The van der Waals surface area contributed by atoms with Crippen molar-refractivity contribution in [3.63, 3.8) is 0 Å². The fourth-order valence-electron chi connectivity index (χ4n) is 1.71. The predicted octanol–water partition coefficient (Wildman–Crippen LogP) is 3.68. The van der Waals surface area contributed by atoms with Crippen LogP contribution in [0.1, 0.15) is 20.9 Å². The van der Waals surface area contributed by atoms with E-state index in [4.69, 9.17) is 11.6 Å². The first-order valence-electron chi connectivity index (χ1n) is 6.41. The molecule has 5 nitrogen and oxygen atoms in total. The van der Waals surface area contributed by atoms with Crippen LogP contribution in [0.2, 0.25) is 5.02 Å². The maximum absolute atomic E-state index is 13.6. The fourth-order valence-corrected chi connectivity index (χ4v) is 2.82. The number of hydrogen-bond donors (Lipinski definition) is 1. The lowest BCUT2D eigenvalue weighted by molar-refractivity contribution is -0.111. The number of thiazole rings is 1. The molecule has 0 radical (unpaired) electrons. The second kappa shape index (κ2) is 7.34. The quantitative estimate of drug-likeness (QED) is 0.671. The number of rotatable bonds is 4. The zero-order valence-electron chi connectivity index (χ0n) is 12.2. The summed E-state index contributed by atoms with van der Waals surface area (Å²) in [5, 5.41) is 2.95. The van der Waals surface area contributed by atoms with Crippen molar-refractivity contribution in [3.8, 4) is 0 Å². The molecular formula is C15H12ClFN2O3S. The molecule has 0 unspecified atom stereocenters. The summed E-state index contributed by atoms with van der Waals surface area (Å²) in [5.74, 6) is -1.57. The van der Waals surface area contributed by atoms with Crippen LogP contribution in [0.4, 0.5) is 9.52 Å². The molecule has 0 atom stereocenters. The third-order valence-electron chi connectivity index (χ3n) is 2.80. The van der Waals surface area contributed by atoms with E-state index < -0.39 is 17.7 Å². The molecule has 1 heterocycles. The molecule has 23 heavy (non-hydrogen) atoms. The van der Waals surface area contributed by atoms with Crippen molar-refractivity contribution in [2.24, 2.45) is 0 Å². The molecule has 2 rings (SSSR count). The van der Waals surface area contributed by atoms with Crippen molar-refractivity contribution < 1.29 is 18.7 Å². The summed E-state index contributed by atoms with van der Waals surface area (Å²) in [6.45, 7) is 1.63. The standard InChI is InChI=1S/C15H12ClFN2O3S/c1-8-13(14(21)22-2)23-15(18-8)19-12(20)7-6-9-10(16)4-3-5-11(9)17/h3-7H,1-2H3,(H,18,19,20). The van der Waals surface area contributed by atoms with Gasteiger partial charge in [0.2, 0.25) is 5.91 Å². The minimum absolute atomic E-state index is 0.120. The number of anilines is 1. The molecule has 0 aliphatic heterocycles. The van der Waals surface area contributed by atoms with E-state index >= 15 is 0 Å². The van der Waals surface area contributed by atoms with E-state index in [1.54, 1.807) is 6.92 Å². The summed E-state index contributed by atoms with van der Waals surface area (Å²) in [6, 6.07) is 4.24. The SMILES string of the molecule is COC(=O)c1sc(NC(=O)C=Cc2c(F)cccc2Cl)nc1C. The maximum atomic E-state index is 13.6. The van der Waals surface area contributed by atoms with E-state index in [-0.39, 0.29) is 15.7 Å². The lowest BCUT2D eigenvalue weighted by Gasteiger charge is -2.00. The highest BCUT2D eigenvalue weighted by Gasteiger charge is 2.16. The molecule has 0 aliphatic carbocycles. The first-order valence-corrected chi connectivity index (χ1v) is 7.60. The van der Waals surface area contributed by atoms with Gasteiger partial charge < -0.3 is 4.74 Å². The molecule has 0 saturated carbocycles. The number of halogens is 2. The van der Waals surface area contributed by atoms with Crippen LogP contribution in [0, 0.1) is 12.7 Å². The van der Waals surface area contributed by atoms with Crippen molar-refractivity contribution in [2.75, 3.05) is 12.4 Å². The van der Waals surface area contributed by atoms with Gasteiger partial charge in [0.1, 0.15) is 10.7 Å². The van der Waals surface area contributed by atoms with Crippen LogP contribution < -0.4 is 5.32 Å². The lowest BCUT2D eigenvalue weighted by atomic mass is 10.2. The van der Waals surface area contributed by atoms with Gasteiger partial charge in [0, 0.05) is 11.6 Å². The van der Waals surface area contributed by atoms with Gasteiger partial charge >= 0.3 is 5.97 Å². The smallest absolute Gasteiger partial charge is 0.350 e. The summed E-state index contributed by atoms with van der Waals surface area (Å²) < 4.78 is 18.2. The Labute approximate surface area is 140 Å². The molecule has 0 bridgehead atoms. The molecule has 1 N–H and O–H groups in total. The summed E-state index contributed by atoms with van der Waals surface area (Å²) in [5.41, 5.74) is 0.577. The molecule has 0 fully saturated rings. The molecule has 8 heteroatoms. The molecule has 0 saturated heterocycles. The van der Waals surface area contributed by atoms with Crippen molar-refractivity contribution in [2.45, 2.75) is 6.92 Å². The summed E-state index contributed by atoms with van der Waals surface area (Å²) >= 11 is 6.86. The first kappa shape index (κ1) is 17.1. The average Bonchev–Trinajstić information content (AvgIpc) is 2.86. The molecule has 0 aliphatic rings. The molecular weight excluding hydrogens is 343 g/mol. The van der Waals surface area contributed by atoms with Crippen molar-refractivity contribution in [1.29, 1.82) is 0 Å². The Morgan fingerprint density at radius 1 is 1.43 bits per heavy atom. The van der Waals surface area contributed by atoms with Crippen molar-refractivity contribution in [3.05, 3.63) is 51.2 Å². The first-order chi connectivity index (χ1) is 10.9. The van der Waals surface area contributed by atoms with Gasteiger partial charge in [0.15, 0.2) is 5.13 Å². The fraction of sp³-hybridized carbons (Fsp3) is 0.133. The second-order valence-electron chi connectivity index (χ2n) is 4.38. The van der Waals surface area contributed by atoms with Crippen LogP contribution >= 0.6 is 22.9 Å². The molecule has 1 amide bonds. The highest BCUT2D eigenvalue weighted by molar-refractivity contribution is 7.17. The van der Waals surface area contributed by atoms with Gasteiger partial charge in [0.05, 0.1) is 17.8 Å². The predicted molar refractivity (Wildman–Crippen MR) is 87.3 cm³/mol. The number of carbonyl (C=O) groups excluding carboxylic acids is 2. The van der Waals surface area contributed by atoms with Gasteiger partial charge in [-0.05, 0) is 25.1 Å². The van der Waals surface area contributed by atoms with Gasteiger partial charge in [-0.2, -0.15) is 0 Å².